The predicted molar refractivity (Wildman–Crippen MR) is 130 cm³/mol. The van der Waals surface area contributed by atoms with E-state index in [0.29, 0.717) is 15.4 Å². The van der Waals surface area contributed by atoms with Crippen LogP contribution in [0.4, 0.5) is 9.39 Å². The number of amides is 2. The number of fused-ring (bicyclic) bond motifs is 1. The minimum Gasteiger partial charge on any atom is -0.366 e. The maximum atomic E-state index is 13.7. The summed E-state index contributed by atoms with van der Waals surface area (Å²) in [6, 6.07) is 3.45. The highest BCUT2D eigenvalue weighted by Crippen LogP contribution is 2.38. The quantitative estimate of drug-likeness (QED) is 0.508. The highest BCUT2D eigenvalue weighted by molar-refractivity contribution is 7.99. The van der Waals surface area contributed by atoms with Gasteiger partial charge in [0.15, 0.2) is 0 Å². The van der Waals surface area contributed by atoms with Crippen molar-refractivity contribution in [3.8, 4) is 0 Å². The summed E-state index contributed by atoms with van der Waals surface area (Å²) >= 11 is 4.26. The molecule has 0 bridgehead atoms. The summed E-state index contributed by atoms with van der Waals surface area (Å²) in [5.74, 6) is -1.13. The van der Waals surface area contributed by atoms with Crippen LogP contribution in [0.2, 0.25) is 0 Å². The van der Waals surface area contributed by atoms with E-state index in [9.17, 15) is 14.0 Å². The fourth-order valence-corrected chi connectivity index (χ4v) is 6.62. The Kier molecular flexibility index (Phi) is 8.48. The van der Waals surface area contributed by atoms with Crippen molar-refractivity contribution in [2.45, 2.75) is 43.7 Å². The molecule has 0 spiro atoms. The van der Waals surface area contributed by atoms with Gasteiger partial charge in [-0.1, -0.05) is 26.3 Å². The van der Waals surface area contributed by atoms with Crippen LogP contribution < -0.4 is 11.1 Å². The Morgan fingerprint density at radius 2 is 1.90 bits per heavy atom. The Hall–Kier alpha value is -1.94. The van der Waals surface area contributed by atoms with Crippen LogP contribution in [-0.2, 0) is 6.42 Å². The summed E-state index contributed by atoms with van der Waals surface area (Å²) in [5.41, 5.74) is 6.62. The lowest BCUT2D eigenvalue weighted by Crippen LogP contribution is -2.22. The first-order chi connectivity index (χ1) is 15.0. The van der Waals surface area contributed by atoms with Crippen molar-refractivity contribution in [2.75, 3.05) is 18.4 Å². The van der Waals surface area contributed by atoms with E-state index in [1.165, 1.54) is 35.2 Å². The van der Waals surface area contributed by atoms with Crippen molar-refractivity contribution >= 4 is 57.5 Å². The topological polar surface area (TPSA) is 75.4 Å². The van der Waals surface area contributed by atoms with Gasteiger partial charge in [0, 0.05) is 24.4 Å². The van der Waals surface area contributed by atoms with Crippen LogP contribution in [0.15, 0.2) is 34.3 Å². The summed E-state index contributed by atoms with van der Waals surface area (Å²) in [5, 5.41) is 3.28. The van der Waals surface area contributed by atoms with Crippen molar-refractivity contribution in [3.63, 3.8) is 0 Å². The number of hydrogen-bond donors (Lipinski definition) is 2. The van der Waals surface area contributed by atoms with E-state index in [1.54, 1.807) is 36.2 Å². The molecule has 3 heterocycles. The van der Waals surface area contributed by atoms with Gasteiger partial charge in [0.1, 0.15) is 10.8 Å². The number of allylic oxidation sites excluding steroid dienone is 3. The van der Waals surface area contributed by atoms with Gasteiger partial charge in [0.25, 0.3) is 11.8 Å². The fraction of sp³-hybridized carbons (Fsp3) is 0.364. The number of carbonyl (C=O) groups excluding carboxylic acids is 2. The lowest BCUT2D eigenvalue weighted by atomic mass is 10.1. The Morgan fingerprint density at radius 3 is 2.61 bits per heavy atom. The van der Waals surface area contributed by atoms with Crippen molar-refractivity contribution in [2.24, 2.45) is 5.73 Å². The highest BCUT2D eigenvalue weighted by atomic mass is 32.2. The number of piperidine rings is 1. The molecule has 9 heteroatoms. The molecule has 0 radical (unpaired) electrons. The standard InChI is InChI=1S/C20H20FN3O2S3.C2H6/c21-13-5-4-6-15-12(9-13)10-16(27-15)19(26)23-20-14(18(22)25)11-17(28-20)29-24-7-2-1-3-8-24;1-2/h4-6,10-11H,1-3,7-9H2,(H2,22,25)(H,23,26);1-2H3. The largest absolute Gasteiger partial charge is 0.366 e. The summed E-state index contributed by atoms with van der Waals surface area (Å²) in [4.78, 5) is 26.0. The lowest BCUT2D eigenvalue weighted by molar-refractivity contribution is 0.100. The van der Waals surface area contributed by atoms with E-state index in [-0.39, 0.29) is 18.2 Å². The minimum absolute atomic E-state index is 0.175. The number of primary amides is 1. The van der Waals surface area contributed by atoms with E-state index in [4.69, 9.17) is 5.73 Å². The number of hydrogen-bond acceptors (Lipinski definition) is 6. The molecule has 0 atom stereocenters. The van der Waals surface area contributed by atoms with Crippen LogP contribution in [0.5, 0.6) is 0 Å². The SMILES string of the molecule is CC.NC(=O)c1cc(SN2CCCCC2)sc1NC(=O)c1cc2c(s1)C=CC=C(F)C2. The zero-order chi connectivity index (χ0) is 22.4. The van der Waals surface area contributed by atoms with Gasteiger partial charge in [-0.3, -0.25) is 9.59 Å². The van der Waals surface area contributed by atoms with Gasteiger partial charge in [-0.25, -0.2) is 8.70 Å². The summed E-state index contributed by atoms with van der Waals surface area (Å²) in [7, 11) is 0. The number of nitrogens with zero attached hydrogens (tertiary/aromatic N) is 1. The molecule has 1 aliphatic heterocycles. The number of rotatable bonds is 5. The van der Waals surface area contributed by atoms with Gasteiger partial charge < -0.3 is 11.1 Å². The molecule has 166 valence electrons. The second kappa shape index (κ2) is 11.1. The number of carbonyl (C=O) groups is 2. The molecule has 0 unspecified atom stereocenters. The van der Waals surface area contributed by atoms with Gasteiger partial charge in [-0.15, -0.1) is 22.7 Å². The average Bonchev–Trinajstić information content (AvgIpc) is 3.30. The molecule has 3 N–H and O–H groups in total. The molecule has 1 aliphatic carbocycles. The second-order valence-corrected chi connectivity index (χ2v) is 10.4. The maximum Gasteiger partial charge on any atom is 0.266 e. The summed E-state index contributed by atoms with van der Waals surface area (Å²) in [6.45, 7) is 6.02. The number of anilines is 1. The Morgan fingerprint density at radius 1 is 1.16 bits per heavy atom. The smallest absolute Gasteiger partial charge is 0.266 e. The third-order valence-corrected chi connectivity index (χ3v) is 8.07. The van der Waals surface area contributed by atoms with Gasteiger partial charge >= 0.3 is 0 Å². The molecule has 0 saturated carbocycles. The third kappa shape index (κ3) is 6.06. The van der Waals surface area contributed by atoms with Crippen molar-refractivity contribution in [1.29, 1.82) is 0 Å². The van der Waals surface area contributed by atoms with Gasteiger partial charge in [-0.2, -0.15) is 0 Å². The zero-order valence-electron chi connectivity index (χ0n) is 17.6. The van der Waals surface area contributed by atoms with E-state index in [0.717, 1.165) is 40.6 Å². The monoisotopic (exact) mass is 479 g/mol. The Bertz CT molecular complexity index is 1000. The summed E-state index contributed by atoms with van der Waals surface area (Å²) < 4.78 is 16.9. The second-order valence-electron chi connectivity index (χ2n) is 6.86. The summed E-state index contributed by atoms with van der Waals surface area (Å²) in [6.07, 6.45) is 8.63. The van der Waals surface area contributed by atoms with Crippen LogP contribution in [0.1, 0.15) is 63.6 Å². The van der Waals surface area contributed by atoms with Crippen LogP contribution in [0, 0.1) is 0 Å². The molecular weight excluding hydrogens is 453 g/mol. The molecular formula is C22H26FN3O2S3. The predicted octanol–water partition coefficient (Wildman–Crippen LogP) is 6.10. The van der Waals surface area contributed by atoms with Crippen LogP contribution in [0.3, 0.4) is 0 Å². The van der Waals surface area contributed by atoms with E-state index < -0.39 is 5.91 Å². The van der Waals surface area contributed by atoms with E-state index >= 15 is 0 Å². The highest BCUT2D eigenvalue weighted by Gasteiger charge is 2.21. The molecule has 2 aliphatic rings. The molecule has 1 saturated heterocycles. The van der Waals surface area contributed by atoms with E-state index in [1.807, 2.05) is 13.8 Å². The molecule has 5 nitrogen and oxygen atoms in total. The maximum absolute atomic E-state index is 13.7. The Labute approximate surface area is 194 Å². The van der Waals surface area contributed by atoms with E-state index in [2.05, 4.69) is 9.62 Å². The molecule has 4 rings (SSSR count). The van der Waals surface area contributed by atoms with Crippen LogP contribution >= 0.6 is 34.6 Å². The van der Waals surface area contributed by atoms with Crippen molar-refractivity contribution < 1.29 is 14.0 Å². The van der Waals surface area contributed by atoms with Crippen LogP contribution in [-0.4, -0.2) is 29.2 Å². The first-order valence-electron chi connectivity index (χ1n) is 10.3. The number of thiophene rings is 2. The normalized spacial score (nSPS) is 15.9. The Balaban J connectivity index is 0.00000132. The van der Waals surface area contributed by atoms with Crippen molar-refractivity contribution in [1.82, 2.24) is 4.31 Å². The van der Waals surface area contributed by atoms with Crippen molar-refractivity contribution in [3.05, 3.63) is 51.0 Å². The number of halogens is 1. The number of nitrogens with one attached hydrogen (secondary N) is 1. The fourth-order valence-electron chi connectivity index (χ4n) is 3.25. The third-order valence-electron chi connectivity index (χ3n) is 4.69. The molecule has 2 aromatic rings. The molecule has 2 aromatic heterocycles. The lowest BCUT2D eigenvalue weighted by Gasteiger charge is -2.24. The molecule has 31 heavy (non-hydrogen) atoms. The van der Waals surface area contributed by atoms with Crippen LogP contribution in [0.25, 0.3) is 6.08 Å². The van der Waals surface area contributed by atoms with Gasteiger partial charge in [0.2, 0.25) is 0 Å². The molecule has 2 amide bonds. The molecule has 1 fully saturated rings. The number of nitrogens with two attached hydrogens (primary N) is 1. The zero-order valence-corrected chi connectivity index (χ0v) is 20.0. The van der Waals surface area contributed by atoms with Gasteiger partial charge in [-0.05, 0) is 54.6 Å². The van der Waals surface area contributed by atoms with Gasteiger partial charge in [0.05, 0.1) is 14.6 Å². The first kappa shape index (κ1) is 23.7. The minimum atomic E-state index is -0.570. The molecule has 0 aromatic carbocycles. The first-order valence-corrected chi connectivity index (χ1v) is 12.7. The average molecular weight is 480 g/mol.